The van der Waals surface area contributed by atoms with Gasteiger partial charge < -0.3 is 15.0 Å². The fraction of sp³-hybridized carbons (Fsp3) is 1.00. The van der Waals surface area contributed by atoms with Gasteiger partial charge in [-0.25, -0.2) is 0 Å². The van der Waals surface area contributed by atoms with Crippen LogP contribution in [0.4, 0.5) is 0 Å². The number of nitrogens with one attached hydrogen (secondary N) is 1. The highest BCUT2D eigenvalue weighted by molar-refractivity contribution is 4.74. The van der Waals surface area contributed by atoms with E-state index in [9.17, 15) is 0 Å². The van der Waals surface area contributed by atoms with E-state index >= 15 is 0 Å². The zero-order valence-corrected chi connectivity index (χ0v) is 10.6. The maximum absolute atomic E-state index is 5.71. The van der Waals surface area contributed by atoms with E-state index in [1.54, 1.807) is 0 Å². The molecule has 0 amide bonds. The SMILES string of the molecule is CC[C@@H](C)[C@@H](C)NC[C@@H]1CN(C)CCO1. The van der Waals surface area contributed by atoms with Crippen molar-refractivity contribution in [3.63, 3.8) is 0 Å². The van der Waals surface area contributed by atoms with Crippen LogP contribution in [-0.2, 0) is 4.74 Å². The first kappa shape index (κ1) is 12.9. The molecular weight excluding hydrogens is 188 g/mol. The van der Waals surface area contributed by atoms with E-state index in [0.717, 1.165) is 32.2 Å². The maximum Gasteiger partial charge on any atom is 0.0826 e. The molecule has 0 radical (unpaired) electrons. The van der Waals surface area contributed by atoms with Crippen LogP contribution in [0.5, 0.6) is 0 Å². The summed E-state index contributed by atoms with van der Waals surface area (Å²) in [6.07, 6.45) is 1.61. The number of morpholine rings is 1. The summed E-state index contributed by atoms with van der Waals surface area (Å²) >= 11 is 0. The first-order valence-electron chi connectivity index (χ1n) is 6.17. The molecule has 0 unspecified atom stereocenters. The second kappa shape index (κ2) is 6.46. The van der Waals surface area contributed by atoms with E-state index in [4.69, 9.17) is 4.74 Å². The van der Waals surface area contributed by atoms with Crippen molar-refractivity contribution in [2.24, 2.45) is 5.92 Å². The van der Waals surface area contributed by atoms with E-state index in [2.05, 4.69) is 38.0 Å². The standard InChI is InChI=1S/C12H26N2O/c1-5-10(2)11(3)13-8-12-9-14(4)6-7-15-12/h10-13H,5-9H2,1-4H3/t10-,11-,12-/m1/s1. The Morgan fingerprint density at radius 3 is 2.80 bits per heavy atom. The fourth-order valence-electron chi connectivity index (χ4n) is 1.86. The Morgan fingerprint density at radius 2 is 2.20 bits per heavy atom. The van der Waals surface area contributed by atoms with Crippen molar-refractivity contribution in [3.05, 3.63) is 0 Å². The van der Waals surface area contributed by atoms with Gasteiger partial charge in [0.15, 0.2) is 0 Å². The van der Waals surface area contributed by atoms with E-state index in [1.165, 1.54) is 6.42 Å². The second-order valence-corrected chi connectivity index (χ2v) is 4.84. The molecule has 3 heteroatoms. The Bertz CT molecular complexity index is 175. The molecule has 0 bridgehead atoms. The first-order valence-corrected chi connectivity index (χ1v) is 6.17. The lowest BCUT2D eigenvalue weighted by molar-refractivity contribution is -0.0197. The molecule has 1 fully saturated rings. The highest BCUT2D eigenvalue weighted by Gasteiger charge is 2.18. The van der Waals surface area contributed by atoms with Crippen LogP contribution in [0.3, 0.4) is 0 Å². The van der Waals surface area contributed by atoms with Crippen LogP contribution in [0.2, 0.25) is 0 Å². The van der Waals surface area contributed by atoms with Gasteiger partial charge in [0.1, 0.15) is 0 Å². The van der Waals surface area contributed by atoms with Crippen LogP contribution in [0.1, 0.15) is 27.2 Å². The molecule has 3 nitrogen and oxygen atoms in total. The Hall–Kier alpha value is -0.120. The highest BCUT2D eigenvalue weighted by atomic mass is 16.5. The average molecular weight is 214 g/mol. The van der Waals surface area contributed by atoms with Crippen molar-refractivity contribution in [2.45, 2.75) is 39.3 Å². The van der Waals surface area contributed by atoms with Crippen molar-refractivity contribution < 1.29 is 4.74 Å². The molecule has 1 heterocycles. The molecule has 0 saturated carbocycles. The molecule has 3 atom stereocenters. The normalized spacial score (nSPS) is 27.6. The molecule has 1 aliphatic heterocycles. The lowest BCUT2D eigenvalue weighted by Crippen LogP contribution is -2.47. The largest absolute Gasteiger partial charge is 0.374 e. The van der Waals surface area contributed by atoms with Gasteiger partial charge in [0.25, 0.3) is 0 Å². The fourth-order valence-corrected chi connectivity index (χ4v) is 1.86. The third kappa shape index (κ3) is 4.49. The lowest BCUT2D eigenvalue weighted by Gasteiger charge is -2.31. The summed E-state index contributed by atoms with van der Waals surface area (Å²) < 4.78 is 5.71. The molecule has 15 heavy (non-hydrogen) atoms. The van der Waals surface area contributed by atoms with Crippen LogP contribution in [0.25, 0.3) is 0 Å². The number of nitrogens with zero attached hydrogens (tertiary/aromatic N) is 1. The average Bonchev–Trinajstić information content (AvgIpc) is 2.25. The smallest absolute Gasteiger partial charge is 0.0826 e. The van der Waals surface area contributed by atoms with E-state index in [-0.39, 0.29) is 0 Å². The van der Waals surface area contributed by atoms with Crippen molar-refractivity contribution in [1.82, 2.24) is 10.2 Å². The molecule has 1 saturated heterocycles. The number of hydrogen-bond donors (Lipinski definition) is 1. The number of likely N-dealkylation sites (N-methyl/N-ethyl adjacent to an activating group) is 1. The van der Waals surface area contributed by atoms with Crippen molar-refractivity contribution in [2.75, 3.05) is 33.3 Å². The Kier molecular flexibility index (Phi) is 5.58. The third-order valence-electron chi connectivity index (χ3n) is 3.51. The summed E-state index contributed by atoms with van der Waals surface area (Å²) in [5.74, 6) is 0.742. The molecule has 0 aliphatic carbocycles. The Balaban J connectivity index is 2.18. The minimum Gasteiger partial charge on any atom is -0.374 e. The molecule has 0 spiro atoms. The second-order valence-electron chi connectivity index (χ2n) is 4.84. The minimum atomic E-state index is 0.371. The number of rotatable bonds is 5. The van der Waals surface area contributed by atoms with E-state index in [0.29, 0.717) is 12.1 Å². The van der Waals surface area contributed by atoms with Gasteiger partial charge in [-0.1, -0.05) is 20.3 Å². The van der Waals surface area contributed by atoms with Crippen LogP contribution < -0.4 is 5.32 Å². The van der Waals surface area contributed by atoms with Gasteiger partial charge in [-0.05, 0) is 19.9 Å². The predicted molar refractivity (Wildman–Crippen MR) is 64.2 cm³/mol. The lowest BCUT2D eigenvalue weighted by atomic mass is 10.0. The molecule has 1 rings (SSSR count). The molecule has 0 aromatic rings. The Labute approximate surface area is 94.2 Å². The Morgan fingerprint density at radius 1 is 1.47 bits per heavy atom. The van der Waals surface area contributed by atoms with E-state index < -0.39 is 0 Å². The van der Waals surface area contributed by atoms with Gasteiger partial charge in [-0.3, -0.25) is 0 Å². The first-order chi connectivity index (χ1) is 7.13. The summed E-state index contributed by atoms with van der Waals surface area (Å²) in [4.78, 5) is 2.34. The highest BCUT2D eigenvalue weighted by Crippen LogP contribution is 2.08. The van der Waals surface area contributed by atoms with Crippen molar-refractivity contribution in [3.8, 4) is 0 Å². The monoisotopic (exact) mass is 214 g/mol. The third-order valence-corrected chi connectivity index (χ3v) is 3.51. The van der Waals surface area contributed by atoms with Gasteiger partial charge in [0.2, 0.25) is 0 Å². The molecule has 1 N–H and O–H groups in total. The summed E-state index contributed by atoms with van der Waals surface area (Å²) in [5, 5.41) is 3.57. The quantitative estimate of drug-likeness (QED) is 0.747. The zero-order valence-electron chi connectivity index (χ0n) is 10.6. The maximum atomic E-state index is 5.71. The van der Waals surface area contributed by atoms with Crippen LogP contribution in [0, 0.1) is 5.92 Å². The van der Waals surface area contributed by atoms with Crippen molar-refractivity contribution in [1.29, 1.82) is 0 Å². The molecule has 0 aromatic heterocycles. The molecule has 0 aromatic carbocycles. The topological polar surface area (TPSA) is 24.5 Å². The van der Waals surface area contributed by atoms with Crippen LogP contribution >= 0.6 is 0 Å². The van der Waals surface area contributed by atoms with Gasteiger partial charge in [0.05, 0.1) is 12.7 Å². The molecular formula is C12H26N2O. The number of hydrogen-bond acceptors (Lipinski definition) is 3. The summed E-state index contributed by atoms with van der Waals surface area (Å²) in [6, 6.07) is 0.589. The van der Waals surface area contributed by atoms with Gasteiger partial charge in [0, 0.05) is 25.7 Å². The zero-order chi connectivity index (χ0) is 11.3. The van der Waals surface area contributed by atoms with Crippen LogP contribution in [-0.4, -0.2) is 50.3 Å². The minimum absolute atomic E-state index is 0.371. The van der Waals surface area contributed by atoms with Crippen molar-refractivity contribution >= 4 is 0 Å². The van der Waals surface area contributed by atoms with Gasteiger partial charge in [-0.15, -0.1) is 0 Å². The predicted octanol–water partition coefficient (Wildman–Crippen LogP) is 1.34. The summed E-state index contributed by atoms with van der Waals surface area (Å²) in [6.45, 7) is 10.8. The molecule has 90 valence electrons. The summed E-state index contributed by atoms with van der Waals surface area (Å²) in [7, 11) is 2.16. The molecule has 1 aliphatic rings. The number of ether oxygens (including phenoxy) is 1. The van der Waals surface area contributed by atoms with E-state index in [1.807, 2.05) is 0 Å². The van der Waals surface area contributed by atoms with Gasteiger partial charge in [-0.2, -0.15) is 0 Å². The van der Waals surface area contributed by atoms with Crippen LogP contribution in [0.15, 0.2) is 0 Å². The van der Waals surface area contributed by atoms with Gasteiger partial charge >= 0.3 is 0 Å². The summed E-state index contributed by atoms with van der Waals surface area (Å²) in [5.41, 5.74) is 0.